The van der Waals surface area contributed by atoms with Gasteiger partial charge in [-0.1, -0.05) is 50.1 Å². The number of nitrogens with zero attached hydrogens (tertiary/aromatic N) is 3. The van der Waals surface area contributed by atoms with Gasteiger partial charge >= 0.3 is 0 Å². The van der Waals surface area contributed by atoms with Crippen LogP contribution >= 0.6 is 0 Å². The van der Waals surface area contributed by atoms with E-state index >= 15 is 0 Å². The van der Waals surface area contributed by atoms with Gasteiger partial charge in [-0.2, -0.15) is 5.10 Å². The van der Waals surface area contributed by atoms with E-state index in [1.165, 1.54) is 0 Å². The standard InChI is InChI=1S/C29H39N3O4/c1-4-5-14-24(33)19-31(20-25-15-11-18-35-25)21-26-22(2)30-32(23-12-7-6-8-13-23)29(26)36-28-17-10-9-16-27(28)34-3/h6-10,12-13,16-17,24-25,33H,4-5,11,14-15,18-21H2,1-3H3. The molecule has 0 aliphatic carbocycles. The maximum absolute atomic E-state index is 10.8. The summed E-state index contributed by atoms with van der Waals surface area (Å²) in [6, 6.07) is 17.7. The number of unbranched alkanes of at least 4 members (excludes halogenated alkanes) is 1. The molecule has 2 atom stereocenters. The number of methoxy groups -OCH3 is 1. The summed E-state index contributed by atoms with van der Waals surface area (Å²) in [6.07, 6.45) is 4.83. The van der Waals surface area contributed by atoms with E-state index in [4.69, 9.17) is 19.3 Å². The number of aliphatic hydroxyl groups excluding tert-OH is 1. The van der Waals surface area contributed by atoms with E-state index in [0.29, 0.717) is 30.5 Å². The van der Waals surface area contributed by atoms with E-state index < -0.39 is 0 Å². The lowest BCUT2D eigenvalue weighted by Gasteiger charge is -2.27. The van der Waals surface area contributed by atoms with Crippen molar-refractivity contribution < 1.29 is 19.3 Å². The van der Waals surface area contributed by atoms with Crippen LogP contribution in [0, 0.1) is 6.92 Å². The third-order valence-electron chi connectivity index (χ3n) is 6.64. The van der Waals surface area contributed by atoms with Crippen molar-refractivity contribution in [3.8, 4) is 23.1 Å². The van der Waals surface area contributed by atoms with Crippen LogP contribution in [0.5, 0.6) is 17.4 Å². The third kappa shape index (κ3) is 6.66. The Balaban J connectivity index is 1.68. The first-order valence-corrected chi connectivity index (χ1v) is 13.1. The molecule has 7 nitrogen and oxygen atoms in total. The SMILES string of the molecule is CCCCC(O)CN(Cc1c(C)nn(-c2ccccc2)c1Oc1ccccc1OC)CC1CCCO1. The van der Waals surface area contributed by atoms with Crippen molar-refractivity contribution >= 4 is 0 Å². The molecule has 194 valence electrons. The summed E-state index contributed by atoms with van der Waals surface area (Å²) >= 11 is 0. The molecule has 0 saturated carbocycles. The highest BCUT2D eigenvalue weighted by atomic mass is 16.5. The Morgan fingerprint density at radius 1 is 1.14 bits per heavy atom. The van der Waals surface area contributed by atoms with Crippen molar-refractivity contribution in [2.75, 3.05) is 26.8 Å². The Hall–Kier alpha value is -2.87. The van der Waals surface area contributed by atoms with Gasteiger partial charge in [0.2, 0.25) is 5.88 Å². The van der Waals surface area contributed by atoms with Gasteiger partial charge in [0.1, 0.15) is 0 Å². The second-order valence-electron chi connectivity index (χ2n) is 9.49. The molecule has 0 spiro atoms. The van der Waals surface area contributed by atoms with Crippen LogP contribution in [0.1, 0.15) is 50.3 Å². The number of hydrogen-bond donors (Lipinski definition) is 1. The van der Waals surface area contributed by atoms with Gasteiger partial charge in [0.05, 0.1) is 36.3 Å². The quantitative estimate of drug-likeness (QED) is 0.338. The summed E-state index contributed by atoms with van der Waals surface area (Å²) < 4.78 is 19.9. The first kappa shape index (κ1) is 26.2. The fourth-order valence-corrected chi connectivity index (χ4v) is 4.71. The second-order valence-corrected chi connectivity index (χ2v) is 9.49. The zero-order valence-corrected chi connectivity index (χ0v) is 21.7. The lowest BCUT2D eigenvalue weighted by atomic mass is 10.1. The summed E-state index contributed by atoms with van der Waals surface area (Å²) in [5, 5.41) is 15.7. The molecule has 1 N–H and O–H groups in total. The lowest BCUT2D eigenvalue weighted by molar-refractivity contribution is 0.0434. The summed E-state index contributed by atoms with van der Waals surface area (Å²) in [4.78, 5) is 2.30. The largest absolute Gasteiger partial charge is 0.493 e. The number of rotatable bonds is 13. The minimum absolute atomic E-state index is 0.187. The number of hydrogen-bond acceptors (Lipinski definition) is 6. The molecule has 0 radical (unpaired) electrons. The van der Waals surface area contributed by atoms with Gasteiger partial charge in [0, 0.05) is 26.2 Å². The van der Waals surface area contributed by atoms with Crippen molar-refractivity contribution in [1.82, 2.24) is 14.7 Å². The molecule has 2 aromatic carbocycles. The second kappa shape index (κ2) is 12.9. The normalized spacial score (nSPS) is 16.4. The van der Waals surface area contributed by atoms with Crippen LogP contribution in [0.2, 0.25) is 0 Å². The van der Waals surface area contributed by atoms with Crippen molar-refractivity contribution in [2.45, 2.75) is 64.7 Å². The van der Waals surface area contributed by atoms with Gasteiger partial charge in [-0.3, -0.25) is 4.90 Å². The topological polar surface area (TPSA) is 69.0 Å². The van der Waals surface area contributed by atoms with Crippen molar-refractivity contribution in [3.05, 3.63) is 65.9 Å². The van der Waals surface area contributed by atoms with E-state index in [-0.39, 0.29) is 12.2 Å². The van der Waals surface area contributed by atoms with E-state index in [1.807, 2.05) is 66.2 Å². The molecule has 2 heterocycles. The van der Waals surface area contributed by atoms with Gasteiger partial charge in [-0.05, 0) is 50.5 Å². The van der Waals surface area contributed by atoms with Crippen LogP contribution in [0.4, 0.5) is 0 Å². The maximum Gasteiger partial charge on any atom is 0.227 e. The van der Waals surface area contributed by atoms with Crippen LogP contribution in [-0.2, 0) is 11.3 Å². The zero-order valence-electron chi connectivity index (χ0n) is 21.7. The van der Waals surface area contributed by atoms with E-state index in [1.54, 1.807) is 7.11 Å². The predicted molar refractivity (Wildman–Crippen MR) is 141 cm³/mol. The highest BCUT2D eigenvalue weighted by molar-refractivity contribution is 5.47. The molecule has 0 amide bonds. The summed E-state index contributed by atoms with van der Waals surface area (Å²) in [6.45, 7) is 6.94. The molecule has 1 saturated heterocycles. The van der Waals surface area contributed by atoms with Crippen LogP contribution < -0.4 is 9.47 Å². The minimum Gasteiger partial charge on any atom is -0.493 e. The first-order valence-electron chi connectivity index (χ1n) is 13.1. The molecule has 36 heavy (non-hydrogen) atoms. The Kier molecular flexibility index (Phi) is 9.39. The highest BCUT2D eigenvalue weighted by Gasteiger charge is 2.26. The first-order chi connectivity index (χ1) is 17.6. The lowest BCUT2D eigenvalue weighted by Crippen LogP contribution is -2.37. The van der Waals surface area contributed by atoms with Crippen molar-refractivity contribution in [1.29, 1.82) is 0 Å². The molecule has 1 aliphatic rings. The molecule has 1 fully saturated rings. The average molecular weight is 494 g/mol. The molecule has 4 rings (SSSR count). The van der Waals surface area contributed by atoms with Crippen LogP contribution in [0.25, 0.3) is 5.69 Å². The summed E-state index contributed by atoms with van der Waals surface area (Å²) in [5.41, 5.74) is 2.81. The fourth-order valence-electron chi connectivity index (χ4n) is 4.71. The monoisotopic (exact) mass is 493 g/mol. The molecular formula is C29H39N3O4. The van der Waals surface area contributed by atoms with Crippen LogP contribution in [-0.4, -0.2) is 58.8 Å². The minimum atomic E-state index is -0.380. The zero-order chi connectivity index (χ0) is 25.3. The van der Waals surface area contributed by atoms with Crippen molar-refractivity contribution in [3.63, 3.8) is 0 Å². The number of ether oxygens (including phenoxy) is 3. The smallest absolute Gasteiger partial charge is 0.227 e. The summed E-state index contributed by atoms with van der Waals surface area (Å²) in [5.74, 6) is 1.95. The average Bonchev–Trinajstić information content (AvgIpc) is 3.52. The number of para-hydroxylation sites is 3. The number of benzene rings is 2. The highest BCUT2D eigenvalue weighted by Crippen LogP contribution is 2.36. The van der Waals surface area contributed by atoms with Gasteiger partial charge in [0.15, 0.2) is 11.5 Å². The molecule has 2 unspecified atom stereocenters. The van der Waals surface area contributed by atoms with Crippen molar-refractivity contribution in [2.24, 2.45) is 0 Å². The van der Waals surface area contributed by atoms with E-state index in [2.05, 4.69) is 11.8 Å². The third-order valence-corrected chi connectivity index (χ3v) is 6.64. The number of aromatic nitrogens is 2. The van der Waals surface area contributed by atoms with E-state index in [0.717, 1.165) is 62.2 Å². The molecule has 3 aromatic rings. The predicted octanol–water partition coefficient (Wildman–Crippen LogP) is 5.51. The van der Waals surface area contributed by atoms with E-state index in [9.17, 15) is 5.11 Å². The van der Waals surface area contributed by atoms with Gasteiger partial charge in [-0.25, -0.2) is 4.68 Å². The fraction of sp³-hybridized carbons (Fsp3) is 0.483. The molecule has 7 heteroatoms. The summed E-state index contributed by atoms with van der Waals surface area (Å²) in [7, 11) is 1.64. The Morgan fingerprint density at radius 3 is 2.58 bits per heavy atom. The number of aliphatic hydroxyl groups is 1. The number of aryl methyl sites for hydroxylation is 1. The van der Waals surface area contributed by atoms with Crippen LogP contribution in [0.15, 0.2) is 54.6 Å². The molecule has 0 bridgehead atoms. The molecular weight excluding hydrogens is 454 g/mol. The Morgan fingerprint density at radius 2 is 1.89 bits per heavy atom. The Labute approximate surface area is 214 Å². The van der Waals surface area contributed by atoms with Gasteiger partial charge in [-0.15, -0.1) is 0 Å². The molecule has 1 aromatic heterocycles. The van der Waals surface area contributed by atoms with Gasteiger partial charge in [0.25, 0.3) is 0 Å². The van der Waals surface area contributed by atoms with Crippen LogP contribution in [0.3, 0.4) is 0 Å². The Bertz CT molecular complexity index is 1080. The maximum atomic E-state index is 10.8. The molecule has 1 aliphatic heterocycles. The van der Waals surface area contributed by atoms with Gasteiger partial charge < -0.3 is 19.3 Å².